The Morgan fingerprint density at radius 2 is 2.15 bits per heavy atom. The summed E-state index contributed by atoms with van der Waals surface area (Å²) in [6.45, 7) is 0.261. The van der Waals surface area contributed by atoms with Crippen molar-refractivity contribution in [1.82, 2.24) is 0 Å². The van der Waals surface area contributed by atoms with Gasteiger partial charge in [0.2, 0.25) is 0 Å². The van der Waals surface area contributed by atoms with Crippen LogP contribution < -0.4 is 5.90 Å². The molecule has 72 valence electrons. The van der Waals surface area contributed by atoms with E-state index in [4.69, 9.17) is 11.0 Å². The van der Waals surface area contributed by atoms with E-state index in [-0.39, 0.29) is 12.4 Å². The standard InChI is InChI=1S/C9H13NO3/c10-13-4-3-7-1-2-8(6-11)9(12)5-7/h1-2,5,11-12H,3-4,6,10H2. The topological polar surface area (TPSA) is 75.7 Å². The zero-order valence-corrected chi connectivity index (χ0v) is 7.23. The molecule has 4 nitrogen and oxygen atoms in total. The lowest BCUT2D eigenvalue weighted by molar-refractivity contribution is 0.141. The van der Waals surface area contributed by atoms with E-state index in [0.717, 1.165) is 5.56 Å². The van der Waals surface area contributed by atoms with Crippen molar-refractivity contribution in [2.45, 2.75) is 13.0 Å². The second-order valence-electron chi connectivity index (χ2n) is 2.74. The molecule has 0 aliphatic rings. The molecule has 0 atom stereocenters. The molecule has 0 saturated carbocycles. The number of nitrogens with two attached hydrogens (primary N) is 1. The third-order valence-corrected chi connectivity index (χ3v) is 1.83. The van der Waals surface area contributed by atoms with Gasteiger partial charge < -0.3 is 15.1 Å². The summed E-state index contributed by atoms with van der Waals surface area (Å²) in [7, 11) is 0. The molecule has 0 heterocycles. The average Bonchev–Trinajstić information content (AvgIpc) is 2.15. The maximum Gasteiger partial charge on any atom is 0.121 e. The van der Waals surface area contributed by atoms with Crippen LogP contribution in [0.5, 0.6) is 5.75 Å². The summed E-state index contributed by atoms with van der Waals surface area (Å²) in [6, 6.07) is 5.11. The van der Waals surface area contributed by atoms with Gasteiger partial charge in [-0.15, -0.1) is 0 Å². The lowest BCUT2D eigenvalue weighted by Gasteiger charge is -2.04. The summed E-state index contributed by atoms with van der Waals surface area (Å²) in [6.07, 6.45) is 0.649. The number of aromatic hydroxyl groups is 1. The first kappa shape index (κ1) is 9.98. The minimum absolute atomic E-state index is 0.108. The van der Waals surface area contributed by atoms with Crippen LogP contribution in [0.15, 0.2) is 18.2 Å². The van der Waals surface area contributed by atoms with Crippen molar-refractivity contribution in [3.05, 3.63) is 29.3 Å². The van der Waals surface area contributed by atoms with Crippen LogP contribution in [0.3, 0.4) is 0 Å². The van der Waals surface area contributed by atoms with E-state index in [1.165, 1.54) is 0 Å². The number of benzene rings is 1. The highest BCUT2D eigenvalue weighted by Gasteiger charge is 2.00. The van der Waals surface area contributed by atoms with Crippen LogP contribution >= 0.6 is 0 Å². The fourth-order valence-electron chi connectivity index (χ4n) is 1.08. The van der Waals surface area contributed by atoms with Crippen molar-refractivity contribution in [2.75, 3.05) is 6.61 Å². The fourth-order valence-corrected chi connectivity index (χ4v) is 1.08. The first-order valence-corrected chi connectivity index (χ1v) is 4.01. The zero-order valence-electron chi connectivity index (χ0n) is 7.23. The molecule has 1 aromatic carbocycles. The molecule has 1 rings (SSSR count). The van der Waals surface area contributed by atoms with E-state index in [1.807, 2.05) is 6.07 Å². The quantitative estimate of drug-likeness (QED) is 0.587. The normalized spacial score (nSPS) is 10.3. The molecule has 0 aliphatic heterocycles. The number of aliphatic hydroxyl groups is 1. The van der Waals surface area contributed by atoms with Crippen molar-refractivity contribution < 1.29 is 15.1 Å². The predicted molar refractivity (Wildman–Crippen MR) is 47.9 cm³/mol. The number of aliphatic hydroxyl groups excluding tert-OH is 1. The van der Waals surface area contributed by atoms with E-state index in [9.17, 15) is 5.11 Å². The van der Waals surface area contributed by atoms with Crippen LogP contribution in [0, 0.1) is 0 Å². The zero-order chi connectivity index (χ0) is 9.68. The van der Waals surface area contributed by atoms with Gasteiger partial charge in [0.15, 0.2) is 0 Å². The first-order chi connectivity index (χ1) is 6.27. The highest BCUT2D eigenvalue weighted by Crippen LogP contribution is 2.18. The molecule has 0 bridgehead atoms. The van der Waals surface area contributed by atoms with Gasteiger partial charge in [-0.05, 0) is 18.1 Å². The number of phenols is 1. The second-order valence-corrected chi connectivity index (χ2v) is 2.74. The molecular weight excluding hydrogens is 170 g/mol. The van der Waals surface area contributed by atoms with Gasteiger partial charge in [-0.2, -0.15) is 0 Å². The average molecular weight is 183 g/mol. The van der Waals surface area contributed by atoms with Crippen molar-refractivity contribution in [2.24, 2.45) is 5.90 Å². The van der Waals surface area contributed by atoms with Crippen molar-refractivity contribution in [3.8, 4) is 5.75 Å². The van der Waals surface area contributed by atoms with Gasteiger partial charge in [-0.1, -0.05) is 12.1 Å². The van der Waals surface area contributed by atoms with Gasteiger partial charge in [-0.3, -0.25) is 0 Å². The molecule has 0 fully saturated rings. The minimum atomic E-state index is -0.153. The summed E-state index contributed by atoms with van der Waals surface area (Å²) in [5.74, 6) is 4.98. The lowest BCUT2D eigenvalue weighted by Crippen LogP contribution is -2.03. The molecule has 0 unspecified atom stereocenters. The maximum absolute atomic E-state index is 9.36. The van der Waals surface area contributed by atoms with Crippen molar-refractivity contribution >= 4 is 0 Å². The predicted octanol–water partition coefficient (Wildman–Crippen LogP) is 0.317. The molecule has 0 saturated heterocycles. The second kappa shape index (κ2) is 4.81. The first-order valence-electron chi connectivity index (χ1n) is 4.01. The Kier molecular flexibility index (Phi) is 3.70. The summed E-state index contributed by atoms with van der Waals surface area (Å²) < 4.78 is 0. The van der Waals surface area contributed by atoms with Gasteiger partial charge >= 0.3 is 0 Å². The van der Waals surface area contributed by atoms with E-state index in [0.29, 0.717) is 18.6 Å². The monoisotopic (exact) mass is 183 g/mol. The van der Waals surface area contributed by atoms with E-state index >= 15 is 0 Å². The van der Waals surface area contributed by atoms with Crippen molar-refractivity contribution in [3.63, 3.8) is 0 Å². The Morgan fingerprint density at radius 3 is 2.69 bits per heavy atom. The van der Waals surface area contributed by atoms with Crippen LogP contribution in [0.25, 0.3) is 0 Å². The molecule has 4 N–H and O–H groups in total. The van der Waals surface area contributed by atoms with E-state index in [2.05, 4.69) is 4.84 Å². The molecule has 0 amide bonds. The summed E-state index contributed by atoms with van der Waals surface area (Å²) in [5.41, 5.74) is 1.46. The molecule has 1 aromatic rings. The van der Waals surface area contributed by atoms with Crippen LogP contribution in [-0.2, 0) is 17.9 Å². The Labute approximate surface area is 76.5 Å². The van der Waals surface area contributed by atoms with Gasteiger partial charge in [0.25, 0.3) is 0 Å². The van der Waals surface area contributed by atoms with Crippen LogP contribution in [-0.4, -0.2) is 16.8 Å². The van der Waals surface area contributed by atoms with E-state index < -0.39 is 0 Å². The molecular formula is C9H13NO3. The summed E-state index contributed by atoms with van der Waals surface area (Å²) in [5, 5.41) is 18.1. The van der Waals surface area contributed by atoms with Crippen LogP contribution in [0.2, 0.25) is 0 Å². The van der Waals surface area contributed by atoms with E-state index in [1.54, 1.807) is 12.1 Å². The molecule has 4 heteroatoms. The third kappa shape index (κ3) is 2.69. The van der Waals surface area contributed by atoms with Gasteiger partial charge in [-0.25, -0.2) is 5.90 Å². The number of rotatable bonds is 4. The Morgan fingerprint density at radius 1 is 1.38 bits per heavy atom. The molecule has 0 radical (unpaired) electrons. The van der Waals surface area contributed by atoms with Crippen LogP contribution in [0.1, 0.15) is 11.1 Å². The minimum Gasteiger partial charge on any atom is -0.508 e. The maximum atomic E-state index is 9.36. The molecule has 0 spiro atoms. The van der Waals surface area contributed by atoms with Gasteiger partial charge in [0.05, 0.1) is 13.2 Å². The summed E-state index contributed by atoms with van der Waals surface area (Å²) in [4.78, 5) is 4.41. The summed E-state index contributed by atoms with van der Waals surface area (Å²) >= 11 is 0. The van der Waals surface area contributed by atoms with Gasteiger partial charge in [0, 0.05) is 5.56 Å². The third-order valence-electron chi connectivity index (χ3n) is 1.83. The highest BCUT2D eigenvalue weighted by molar-refractivity contribution is 5.35. The Hall–Kier alpha value is -1.10. The fraction of sp³-hybridized carbons (Fsp3) is 0.333. The Bertz CT molecular complexity index is 276. The molecule has 0 aromatic heterocycles. The molecule has 13 heavy (non-hydrogen) atoms. The molecule has 0 aliphatic carbocycles. The highest BCUT2D eigenvalue weighted by atomic mass is 16.6. The number of hydrogen-bond acceptors (Lipinski definition) is 4. The Balaban J connectivity index is 2.71. The van der Waals surface area contributed by atoms with Crippen LogP contribution in [0.4, 0.5) is 0 Å². The SMILES string of the molecule is NOCCc1ccc(CO)c(O)c1. The largest absolute Gasteiger partial charge is 0.508 e. The smallest absolute Gasteiger partial charge is 0.121 e. The number of hydrogen-bond donors (Lipinski definition) is 3. The van der Waals surface area contributed by atoms with Crippen molar-refractivity contribution in [1.29, 1.82) is 0 Å². The lowest BCUT2D eigenvalue weighted by atomic mass is 10.1. The van der Waals surface area contributed by atoms with Gasteiger partial charge in [0.1, 0.15) is 5.75 Å².